The molecule has 1 rings (SSSR count). The Labute approximate surface area is 106 Å². The van der Waals surface area contributed by atoms with E-state index in [0.717, 1.165) is 5.56 Å². The predicted molar refractivity (Wildman–Crippen MR) is 69.1 cm³/mol. The molecular weight excluding hydrogens is 230 g/mol. The highest BCUT2D eigenvalue weighted by Gasteiger charge is 2.09. The van der Waals surface area contributed by atoms with E-state index in [1.165, 1.54) is 6.92 Å². The lowest BCUT2D eigenvalue weighted by molar-refractivity contribution is -0.152. The largest absolute Gasteiger partial charge is 0.358 e. The van der Waals surface area contributed by atoms with Gasteiger partial charge in [0.15, 0.2) is 0 Å². The van der Waals surface area contributed by atoms with Crippen molar-refractivity contribution >= 4 is 18.0 Å². The van der Waals surface area contributed by atoms with Gasteiger partial charge in [-0.25, -0.2) is 4.79 Å². The molecule has 18 heavy (non-hydrogen) atoms. The van der Waals surface area contributed by atoms with Crippen molar-refractivity contribution in [3.63, 3.8) is 0 Å². The minimum atomic E-state index is -0.603. The Hall–Kier alpha value is -2.36. The van der Waals surface area contributed by atoms with Crippen LogP contribution in [0.5, 0.6) is 0 Å². The highest BCUT2D eigenvalue weighted by atomic mass is 16.7. The van der Waals surface area contributed by atoms with Crippen molar-refractivity contribution in [2.45, 2.75) is 13.8 Å². The Morgan fingerprint density at radius 2 is 1.83 bits per heavy atom. The van der Waals surface area contributed by atoms with Crippen molar-refractivity contribution in [1.82, 2.24) is 5.48 Å². The third-order valence-electron chi connectivity index (χ3n) is 2.13. The number of nitrogens with one attached hydrogen (secondary N) is 1. The Morgan fingerprint density at radius 3 is 2.39 bits per heavy atom. The zero-order valence-electron chi connectivity index (χ0n) is 10.4. The van der Waals surface area contributed by atoms with Gasteiger partial charge in [0.25, 0.3) is 5.91 Å². The van der Waals surface area contributed by atoms with Gasteiger partial charge in [-0.3, -0.25) is 4.79 Å². The van der Waals surface area contributed by atoms with Gasteiger partial charge in [0.05, 0.1) is 0 Å². The molecule has 0 atom stereocenters. The van der Waals surface area contributed by atoms with Crippen LogP contribution in [-0.4, -0.2) is 11.9 Å². The first-order chi connectivity index (χ1) is 8.50. The molecule has 0 aromatic heterocycles. The molecule has 0 unspecified atom stereocenters. The van der Waals surface area contributed by atoms with Crippen molar-refractivity contribution in [1.29, 1.82) is 0 Å². The Balaban J connectivity index is 2.60. The van der Waals surface area contributed by atoms with Gasteiger partial charge in [0, 0.05) is 11.1 Å². The smallest absolute Gasteiger partial charge is 0.335 e. The number of carbonyl (C=O) groups excluding carboxylic acids is 2. The molecular formula is C14H15NO3. The number of hydrogen-bond donors (Lipinski definition) is 1. The zero-order valence-corrected chi connectivity index (χ0v) is 10.4. The summed E-state index contributed by atoms with van der Waals surface area (Å²) < 4.78 is 0. The highest BCUT2D eigenvalue weighted by Crippen LogP contribution is 2.06. The van der Waals surface area contributed by atoms with Crippen LogP contribution >= 0.6 is 0 Å². The van der Waals surface area contributed by atoms with E-state index < -0.39 is 11.9 Å². The summed E-state index contributed by atoms with van der Waals surface area (Å²) in [4.78, 5) is 27.3. The van der Waals surface area contributed by atoms with E-state index in [0.29, 0.717) is 5.57 Å². The maximum Gasteiger partial charge on any atom is 0.358 e. The van der Waals surface area contributed by atoms with Gasteiger partial charge < -0.3 is 4.84 Å². The third kappa shape index (κ3) is 4.25. The standard InChI is InChI=1S/C14H15NO3/c1-10(2)13(16)15-18-14(17)11(3)9-12-7-5-4-6-8-12/h4-9H,1H2,2-3H3,(H,15,16). The molecule has 1 amide bonds. The summed E-state index contributed by atoms with van der Waals surface area (Å²) in [5.74, 6) is -1.12. The summed E-state index contributed by atoms with van der Waals surface area (Å²) in [6, 6.07) is 9.35. The molecule has 0 aliphatic carbocycles. The van der Waals surface area contributed by atoms with Crippen LogP contribution in [0.2, 0.25) is 0 Å². The van der Waals surface area contributed by atoms with E-state index in [2.05, 4.69) is 11.4 Å². The van der Waals surface area contributed by atoms with Gasteiger partial charge in [-0.15, -0.1) is 0 Å². The van der Waals surface area contributed by atoms with Crippen LogP contribution in [0.1, 0.15) is 19.4 Å². The summed E-state index contributed by atoms with van der Waals surface area (Å²) >= 11 is 0. The molecule has 0 radical (unpaired) electrons. The second-order valence-corrected chi connectivity index (χ2v) is 3.84. The lowest BCUT2D eigenvalue weighted by Crippen LogP contribution is -2.27. The van der Waals surface area contributed by atoms with Crippen molar-refractivity contribution in [3.8, 4) is 0 Å². The van der Waals surface area contributed by atoms with Crippen molar-refractivity contribution in [2.24, 2.45) is 0 Å². The fourth-order valence-electron chi connectivity index (χ4n) is 1.12. The number of hydroxylamine groups is 1. The summed E-state index contributed by atoms with van der Waals surface area (Å²) in [5.41, 5.74) is 3.57. The average Bonchev–Trinajstić information content (AvgIpc) is 2.36. The molecule has 94 valence electrons. The molecule has 0 aliphatic rings. The number of amides is 1. The Kier molecular flexibility index (Phi) is 4.87. The van der Waals surface area contributed by atoms with Crippen molar-refractivity contribution < 1.29 is 14.4 Å². The van der Waals surface area contributed by atoms with Gasteiger partial charge >= 0.3 is 5.97 Å². The van der Waals surface area contributed by atoms with E-state index in [1.807, 2.05) is 35.8 Å². The first-order valence-electron chi connectivity index (χ1n) is 5.41. The minimum Gasteiger partial charge on any atom is -0.335 e. The second-order valence-electron chi connectivity index (χ2n) is 3.84. The molecule has 1 aromatic carbocycles. The molecule has 0 spiro atoms. The van der Waals surface area contributed by atoms with Crippen molar-refractivity contribution in [3.05, 3.63) is 53.6 Å². The lowest BCUT2D eigenvalue weighted by atomic mass is 10.1. The number of carbonyl (C=O) groups is 2. The summed E-state index contributed by atoms with van der Waals surface area (Å²) in [6.45, 7) is 6.56. The topological polar surface area (TPSA) is 55.4 Å². The van der Waals surface area contributed by atoms with Gasteiger partial charge in [0.1, 0.15) is 0 Å². The van der Waals surface area contributed by atoms with Gasteiger partial charge in [-0.1, -0.05) is 36.9 Å². The van der Waals surface area contributed by atoms with Crippen molar-refractivity contribution in [2.75, 3.05) is 0 Å². The Bertz CT molecular complexity index is 489. The molecule has 0 fully saturated rings. The minimum absolute atomic E-state index is 0.271. The number of benzene rings is 1. The third-order valence-corrected chi connectivity index (χ3v) is 2.13. The molecule has 0 saturated heterocycles. The van der Waals surface area contributed by atoms with Gasteiger partial charge in [-0.2, -0.15) is 5.48 Å². The molecule has 4 heteroatoms. The number of hydrogen-bond acceptors (Lipinski definition) is 3. The van der Waals surface area contributed by atoms with E-state index in [-0.39, 0.29) is 5.57 Å². The van der Waals surface area contributed by atoms with E-state index in [4.69, 9.17) is 0 Å². The van der Waals surface area contributed by atoms with Gasteiger partial charge in [-0.05, 0) is 25.5 Å². The molecule has 0 bridgehead atoms. The first-order valence-corrected chi connectivity index (χ1v) is 5.41. The van der Waals surface area contributed by atoms with Crippen LogP contribution in [0.25, 0.3) is 6.08 Å². The first kappa shape index (κ1) is 13.7. The van der Waals surface area contributed by atoms with Crippen LogP contribution < -0.4 is 5.48 Å². The van der Waals surface area contributed by atoms with E-state index in [1.54, 1.807) is 13.0 Å². The predicted octanol–water partition coefficient (Wildman–Crippen LogP) is 2.24. The van der Waals surface area contributed by atoms with Crippen LogP contribution in [0.4, 0.5) is 0 Å². The molecule has 1 aromatic rings. The Morgan fingerprint density at radius 1 is 1.22 bits per heavy atom. The highest BCUT2D eigenvalue weighted by molar-refractivity contribution is 5.96. The summed E-state index contributed by atoms with van der Waals surface area (Å²) in [7, 11) is 0. The molecule has 0 saturated carbocycles. The fraction of sp³-hybridized carbons (Fsp3) is 0.143. The number of rotatable bonds is 3. The van der Waals surface area contributed by atoms with Crippen LogP contribution in [0.15, 0.2) is 48.1 Å². The maximum absolute atomic E-state index is 11.5. The van der Waals surface area contributed by atoms with Crippen LogP contribution in [0, 0.1) is 0 Å². The van der Waals surface area contributed by atoms with E-state index >= 15 is 0 Å². The molecule has 0 aliphatic heterocycles. The van der Waals surface area contributed by atoms with Gasteiger partial charge in [0.2, 0.25) is 0 Å². The molecule has 1 N–H and O–H groups in total. The quantitative estimate of drug-likeness (QED) is 0.656. The fourth-order valence-corrected chi connectivity index (χ4v) is 1.12. The van der Waals surface area contributed by atoms with Crippen LogP contribution in [0.3, 0.4) is 0 Å². The second kappa shape index (κ2) is 6.39. The SMILES string of the molecule is C=C(C)C(=O)NOC(=O)C(C)=Cc1ccccc1. The summed E-state index contributed by atoms with van der Waals surface area (Å²) in [6.07, 6.45) is 1.68. The monoisotopic (exact) mass is 245 g/mol. The van der Waals surface area contributed by atoms with Crippen LogP contribution in [-0.2, 0) is 14.4 Å². The maximum atomic E-state index is 11.5. The molecule has 0 heterocycles. The molecule has 4 nitrogen and oxygen atoms in total. The summed E-state index contributed by atoms with van der Waals surface area (Å²) in [5, 5.41) is 0. The average molecular weight is 245 g/mol. The lowest BCUT2D eigenvalue weighted by Gasteiger charge is -2.05. The van der Waals surface area contributed by atoms with E-state index in [9.17, 15) is 9.59 Å². The zero-order chi connectivity index (χ0) is 13.5. The normalized spacial score (nSPS) is 10.7.